The highest BCUT2D eigenvalue weighted by atomic mass is 35.5. The molecule has 0 bridgehead atoms. The lowest BCUT2D eigenvalue weighted by Gasteiger charge is -2.00. The second-order valence-electron chi connectivity index (χ2n) is 2.40. The molecular formula is C8H9BCl2. The van der Waals surface area contributed by atoms with Crippen LogP contribution in [-0.2, 0) is 6.42 Å². The molecule has 0 aliphatic heterocycles. The van der Waals surface area contributed by atoms with Gasteiger partial charge in [-0.05, 0) is 17.4 Å². The number of halogens is 2. The molecule has 0 saturated carbocycles. The highest BCUT2D eigenvalue weighted by molar-refractivity contribution is 7.39. The predicted molar refractivity (Wildman–Crippen MR) is 52.9 cm³/mol. The number of hydrogen-bond donors (Lipinski definition) is 0. The molecule has 1 aromatic rings. The van der Waals surface area contributed by atoms with Crippen molar-refractivity contribution in [2.24, 2.45) is 0 Å². The van der Waals surface area contributed by atoms with Crippen molar-refractivity contribution in [3.05, 3.63) is 29.8 Å². The van der Waals surface area contributed by atoms with Gasteiger partial charge in [0.25, 0.3) is 0 Å². The number of rotatable bonds is 2. The zero-order chi connectivity index (χ0) is 8.27. The van der Waals surface area contributed by atoms with Gasteiger partial charge in [0.2, 0.25) is 0 Å². The first-order chi connectivity index (χ1) is 5.24. The van der Waals surface area contributed by atoms with E-state index in [4.69, 9.17) is 22.9 Å². The predicted octanol–water partition coefficient (Wildman–Crippen LogP) is 2.42. The molecule has 0 amide bonds. The fraction of sp³-hybridized carbons (Fsp3) is 0.250. The minimum Gasteiger partial charge on any atom is -0.165 e. The Labute approximate surface area is 77.4 Å². The van der Waals surface area contributed by atoms with Crippen molar-refractivity contribution in [3.63, 3.8) is 0 Å². The molecule has 0 unspecified atom stereocenters. The molecule has 0 nitrogen and oxygen atoms in total. The summed E-state index contributed by atoms with van der Waals surface area (Å²) in [6, 6.07) is 8.01. The highest BCUT2D eigenvalue weighted by Gasteiger charge is 2.08. The quantitative estimate of drug-likeness (QED) is 0.623. The molecule has 58 valence electrons. The monoisotopic (exact) mass is 186 g/mol. The van der Waals surface area contributed by atoms with Crippen molar-refractivity contribution in [1.29, 1.82) is 0 Å². The first kappa shape index (κ1) is 8.96. The van der Waals surface area contributed by atoms with Gasteiger partial charge in [0, 0.05) is 0 Å². The van der Waals surface area contributed by atoms with Gasteiger partial charge in [0.05, 0.1) is 0 Å². The van der Waals surface area contributed by atoms with Crippen LogP contribution >= 0.6 is 22.9 Å². The van der Waals surface area contributed by atoms with Crippen LogP contribution in [0.2, 0.25) is 0 Å². The van der Waals surface area contributed by atoms with Crippen LogP contribution in [0.5, 0.6) is 0 Å². The molecule has 0 aliphatic rings. The molecule has 1 rings (SSSR count). The lowest BCUT2D eigenvalue weighted by molar-refractivity contribution is 1.14. The minimum absolute atomic E-state index is 0.401. The molecule has 0 saturated heterocycles. The Morgan fingerprint density at radius 1 is 1.36 bits per heavy atom. The third-order valence-electron chi connectivity index (χ3n) is 1.61. The number of hydrogen-bond acceptors (Lipinski definition) is 0. The fourth-order valence-corrected chi connectivity index (χ4v) is 1.22. The van der Waals surface area contributed by atoms with Crippen LogP contribution in [0.1, 0.15) is 12.5 Å². The molecule has 0 aliphatic carbocycles. The molecule has 0 heterocycles. The van der Waals surface area contributed by atoms with Crippen molar-refractivity contribution in [2.75, 3.05) is 0 Å². The van der Waals surface area contributed by atoms with Gasteiger partial charge in [0.15, 0.2) is 0 Å². The Balaban J connectivity index is 2.91. The summed E-state index contributed by atoms with van der Waals surface area (Å²) >= 11 is 11.4. The van der Waals surface area contributed by atoms with Crippen LogP contribution in [0, 0.1) is 0 Å². The molecule has 0 N–H and O–H groups in total. The van der Waals surface area contributed by atoms with E-state index < -0.39 is 5.54 Å². The van der Waals surface area contributed by atoms with Gasteiger partial charge < -0.3 is 0 Å². The van der Waals surface area contributed by atoms with E-state index in [-0.39, 0.29) is 0 Å². The maximum absolute atomic E-state index is 5.70. The maximum Gasteiger partial charge on any atom is 0.382 e. The molecule has 0 fully saturated rings. The van der Waals surface area contributed by atoms with Gasteiger partial charge in [-0.25, -0.2) is 0 Å². The average molecular weight is 187 g/mol. The van der Waals surface area contributed by atoms with E-state index in [0.29, 0.717) is 0 Å². The summed E-state index contributed by atoms with van der Waals surface area (Å²) in [6.45, 7) is 2.11. The average Bonchev–Trinajstić information content (AvgIpc) is 2.05. The van der Waals surface area contributed by atoms with Gasteiger partial charge in [-0.3, -0.25) is 0 Å². The molecule has 0 aromatic heterocycles. The summed E-state index contributed by atoms with van der Waals surface area (Å²) in [5.41, 5.74) is 1.85. The van der Waals surface area contributed by atoms with Gasteiger partial charge in [0.1, 0.15) is 0 Å². The SMILES string of the molecule is CCc1cccc(B(Cl)Cl)c1. The second kappa shape index (κ2) is 4.03. The van der Waals surface area contributed by atoms with Crippen LogP contribution < -0.4 is 5.46 Å². The van der Waals surface area contributed by atoms with E-state index in [1.54, 1.807) is 0 Å². The number of aryl methyl sites for hydroxylation is 1. The maximum atomic E-state index is 5.70. The van der Waals surface area contributed by atoms with Gasteiger partial charge in [-0.1, -0.05) is 31.2 Å². The normalized spacial score (nSPS) is 9.73. The first-order valence-electron chi connectivity index (χ1n) is 3.61. The Hall–Kier alpha value is -0.135. The summed E-state index contributed by atoms with van der Waals surface area (Å²) in [5.74, 6) is 0. The van der Waals surface area contributed by atoms with Crippen LogP contribution in [-0.4, -0.2) is 5.54 Å². The van der Waals surface area contributed by atoms with Gasteiger partial charge in [-0.2, -0.15) is 22.9 Å². The zero-order valence-corrected chi connectivity index (χ0v) is 7.86. The molecular weight excluding hydrogens is 178 g/mol. The Morgan fingerprint density at radius 2 is 2.09 bits per heavy atom. The molecule has 1 aromatic carbocycles. The summed E-state index contributed by atoms with van der Waals surface area (Å²) in [6.07, 6.45) is 1.02. The Kier molecular flexibility index (Phi) is 3.28. The zero-order valence-electron chi connectivity index (χ0n) is 6.35. The van der Waals surface area contributed by atoms with Gasteiger partial charge in [-0.15, -0.1) is 0 Å². The van der Waals surface area contributed by atoms with Crippen LogP contribution in [0.15, 0.2) is 24.3 Å². The summed E-state index contributed by atoms with van der Waals surface area (Å²) in [7, 11) is 0. The minimum atomic E-state index is -0.401. The van der Waals surface area contributed by atoms with Gasteiger partial charge >= 0.3 is 5.54 Å². The summed E-state index contributed by atoms with van der Waals surface area (Å²) in [4.78, 5) is 0. The number of benzene rings is 1. The van der Waals surface area contributed by atoms with E-state index >= 15 is 0 Å². The topological polar surface area (TPSA) is 0 Å². The standard InChI is InChI=1S/C8H9BCl2/c1-2-7-4-3-5-8(6-7)9(10)11/h3-6H,2H2,1H3. The van der Waals surface area contributed by atoms with Crippen molar-refractivity contribution in [2.45, 2.75) is 13.3 Å². The lowest BCUT2D eigenvalue weighted by atomic mass is 9.91. The van der Waals surface area contributed by atoms with E-state index in [1.807, 2.05) is 18.2 Å². The lowest BCUT2D eigenvalue weighted by Crippen LogP contribution is -2.17. The molecule has 0 radical (unpaired) electrons. The van der Waals surface area contributed by atoms with Crippen molar-refractivity contribution in [1.82, 2.24) is 0 Å². The largest absolute Gasteiger partial charge is 0.382 e. The van der Waals surface area contributed by atoms with Crippen LogP contribution in [0.4, 0.5) is 0 Å². The summed E-state index contributed by atoms with van der Waals surface area (Å²) < 4.78 is 0. The fourth-order valence-electron chi connectivity index (χ4n) is 0.949. The van der Waals surface area contributed by atoms with E-state index in [1.165, 1.54) is 5.56 Å². The van der Waals surface area contributed by atoms with E-state index in [9.17, 15) is 0 Å². The van der Waals surface area contributed by atoms with Crippen molar-refractivity contribution >= 4 is 33.9 Å². The van der Waals surface area contributed by atoms with E-state index in [2.05, 4.69) is 13.0 Å². The second-order valence-corrected chi connectivity index (χ2v) is 3.50. The molecule has 3 heteroatoms. The Bertz CT molecular complexity index is 235. The van der Waals surface area contributed by atoms with Crippen molar-refractivity contribution < 1.29 is 0 Å². The Morgan fingerprint density at radius 3 is 2.64 bits per heavy atom. The summed E-state index contributed by atoms with van der Waals surface area (Å²) in [5, 5.41) is 0. The van der Waals surface area contributed by atoms with Crippen molar-refractivity contribution in [3.8, 4) is 0 Å². The van der Waals surface area contributed by atoms with Crippen LogP contribution in [0.25, 0.3) is 0 Å². The highest BCUT2D eigenvalue weighted by Crippen LogP contribution is 2.02. The smallest absolute Gasteiger partial charge is 0.165 e. The molecule has 0 atom stereocenters. The molecule has 11 heavy (non-hydrogen) atoms. The molecule has 0 spiro atoms. The third kappa shape index (κ3) is 2.42. The van der Waals surface area contributed by atoms with Crippen LogP contribution in [0.3, 0.4) is 0 Å². The third-order valence-corrected chi connectivity index (χ3v) is 2.12. The first-order valence-corrected chi connectivity index (χ1v) is 4.48. The van der Waals surface area contributed by atoms with E-state index in [0.717, 1.165) is 11.9 Å².